The van der Waals surface area contributed by atoms with E-state index in [0.717, 1.165) is 45.4 Å². The Morgan fingerprint density at radius 3 is 2.80 bits per heavy atom. The Hall–Kier alpha value is -0.120. The third kappa shape index (κ3) is 4.49. The molecule has 3 N–H and O–H groups in total. The second kappa shape index (κ2) is 6.46. The molecule has 0 aromatic carbocycles. The molecule has 0 saturated carbocycles. The molecule has 1 heterocycles. The van der Waals surface area contributed by atoms with Gasteiger partial charge in [0.1, 0.15) is 0 Å². The van der Waals surface area contributed by atoms with Gasteiger partial charge in [-0.05, 0) is 44.2 Å². The molecule has 0 radical (unpaired) electrons. The van der Waals surface area contributed by atoms with Crippen molar-refractivity contribution >= 4 is 0 Å². The zero-order chi connectivity index (χ0) is 11.3. The van der Waals surface area contributed by atoms with Gasteiger partial charge in [-0.15, -0.1) is 0 Å². The zero-order valence-electron chi connectivity index (χ0n) is 10.2. The number of piperidine rings is 1. The molecule has 0 aromatic heterocycles. The molecule has 0 bridgehead atoms. The molecule has 0 unspecified atom stereocenters. The molecule has 3 heteroatoms. The summed E-state index contributed by atoms with van der Waals surface area (Å²) in [6.45, 7) is 8.41. The lowest BCUT2D eigenvalue weighted by Crippen LogP contribution is -2.44. The summed E-state index contributed by atoms with van der Waals surface area (Å²) in [5.74, 6) is 1.15. The summed E-state index contributed by atoms with van der Waals surface area (Å²) in [4.78, 5) is 2.45. The van der Waals surface area contributed by atoms with E-state index in [2.05, 4.69) is 18.7 Å². The molecule has 0 aromatic rings. The lowest BCUT2D eigenvalue weighted by atomic mass is 9.87. The number of aliphatic hydroxyl groups is 1. The number of rotatable bonds is 5. The molecule has 90 valence electrons. The quantitative estimate of drug-likeness (QED) is 0.719. The molecule has 1 aliphatic rings. The van der Waals surface area contributed by atoms with E-state index in [1.807, 2.05) is 0 Å². The third-order valence-corrected chi connectivity index (χ3v) is 3.23. The predicted molar refractivity (Wildman–Crippen MR) is 63.7 cm³/mol. The van der Waals surface area contributed by atoms with E-state index < -0.39 is 0 Å². The Bertz CT molecular complexity index is 171. The Labute approximate surface area is 93.6 Å². The van der Waals surface area contributed by atoms with Crippen LogP contribution in [-0.2, 0) is 0 Å². The van der Waals surface area contributed by atoms with Crippen molar-refractivity contribution in [3.8, 4) is 0 Å². The van der Waals surface area contributed by atoms with Crippen molar-refractivity contribution in [2.45, 2.75) is 39.2 Å². The highest BCUT2D eigenvalue weighted by atomic mass is 16.3. The Morgan fingerprint density at radius 2 is 2.20 bits per heavy atom. The highest BCUT2D eigenvalue weighted by molar-refractivity contribution is 4.80. The van der Waals surface area contributed by atoms with Crippen LogP contribution in [0.15, 0.2) is 0 Å². The Kier molecular flexibility index (Phi) is 5.58. The number of nitrogens with zero attached hydrogens (tertiary/aromatic N) is 1. The van der Waals surface area contributed by atoms with Gasteiger partial charge in [-0.1, -0.05) is 13.8 Å². The molecule has 0 amide bonds. The first-order chi connectivity index (χ1) is 7.13. The van der Waals surface area contributed by atoms with Crippen LogP contribution in [0.25, 0.3) is 0 Å². The first-order valence-corrected chi connectivity index (χ1v) is 6.24. The summed E-state index contributed by atoms with van der Waals surface area (Å²) in [5.41, 5.74) is 5.51. The third-order valence-electron chi connectivity index (χ3n) is 3.23. The Balaban J connectivity index is 2.34. The normalized spacial score (nSPS) is 28.6. The number of nitrogens with two attached hydrogens (primary N) is 1. The van der Waals surface area contributed by atoms with Crippen LogP contribution in [0.1, 0.15) is 33.1 Å². The lowest BCUT2D eigenvalue weighted by Gasteiger charge is -2.37. The Morgan fingerprint density at radius 1 is 1.47 bits per heavy atom. The maximum Gasteiger partial charge on any atom is 0.0592 e. The van der Waals surface area contributed by atoms with Crippen molar-refractivity contribution in [3.63, 3.8) is 0 Å². The van der Waals surface area contributed by atoms with Crippen molar-refractivity contribution in [2.75, 3.05) is 26.2 Å². The molecule has 0 spiro atoms. The smallest absolute Gasteiger partial charge is 0.0592 e. The van der Waals surface area contributed by atoms with Gasteiger partial charge in [0.05, 0.1) is 6.10 Å². The van der Waals surface area contributed by atoms with E-state index in [0.29, 0.717) is 11.8 Å². The minimum atomic E-state index is -0.0819. The van der Waals surface area contributed by atoms with Gasteiger partial charge < -0.3 is 15.7 Å². The molecule has 0 aliphatic carbocycles. The average Bonchev–Trinajstić information content (AvgIpc) is 2.18. The van der Waals surface area contributed by atoms with Crippen molar-refractivity contribution in [2.24, 2.45) is 17.6 Å². The summed E-state index contributed by atoms with van der Waals surface area (Å²) >= 11 is 0. The topological polar surface area (TPSA) is 49.5 Å². The second-order valence-electron chi connectivity index (χ2n) is 5.19. The molecule has 1 aliphatic heterocycles. The monoisotopic (exact) mass is 214 g/mol. The van der Waals surface area contributed by atoms with Gasteiger partial charge in [-0.2, -0.15) is 0 Å². The summed E-state index contributed by atoms with van der Waals surface area (Å²) in [7, 11) is 0. The van der Waals surface area contributed by atoms with Gasteiger partial charge in [0.2, 0.25) is 0 Å². The fourth-order valence-corrected chi connectivity index (χ4v) is 2.45. The van der Waals surface area contributed by atoms with Crippen LogP contribution >= 0.6 is 0 Å². The zero-order valence-corrected chi connectivity index (χ0v) is 10.2. The predicted octanol–water partition coefficient (Wildman–Crippen LogP) is 1.06. The average molecular weight is 214 g/mol. The van der Waals surface area contributed by atoms with E-state index in [4.69, 9.17) is 5.73 Å². The van der Waals surface area contributed by atoms with Gasteiger partial charge in [0.15, 0.2) is 0 Å². The van der Waals surface area contributed by atoms with Crippen molar-refractivity contribution < 1.29 is 5.11 Å². The lowest BCUT2D eigenvalue weighted by molar-refractivity contribution is 0.0175. The van der Waals surface area contributed by atoms with Crippen molar-refractivity contribution in [3.05, 3.63) is 0 Å². The minimum absolute atomic E-state index is 0.0819. The van der Waals surface area contributed by atoms with Crippen molar-refractivity contribution in [1.29, 1.82) is 0 Å². The maximum atomic E-state index is 9.91. The van der Waals surface area contributed by atoms with Gasteiger partial charge in [-0.3, -0.25) is 0 Å². The summed E-state index contributed by atoms with van der Waals surface area (Å²) in [6.07, 6.45) is 3.06. The van der Waals surface area contributed by atoms with Crippen LogP contribution in [0.4, 0.5) is 0 Å². The number of hydrogen-bond acceptors (Lipinski definition) is 3. The number of aliphatic hydroxyl groups excluding tert-OH is 1. The van der Waals surface area contributed by atoms with E-state index in [-0.39, 0.29) is 6.10 Å². The van der Waals surface area contributed by atoms with Crippen LogP contribution < -0.4 is 5.73 Å². The van der Waals surface area contributed by atoms with Crippen molar-refractivity contribution in [1.82, 2.24) is 4.90 Å². The summed E-state index contributed by atoms with van der Waals surface area (Å²) in [5, 5.41) is 9.91. The SMILES string of the molecule is CC(C)C[C@H]1CN(CCCN)CC[C@H]1O. The van der Waals surface area contributed by atoms with E-state index in [1.54, 1.807) is 0 Å². The van der Waals surface area contributed by atoms with E-state index >= 15 is 0 Å². The molecular weight excluding hydrogens is 188 g/mol. The molecule has 2 atom stereocenters. The largest absolute Gasteiger partial charge is 0.393 e. The van der Waals surface area contributed by atoms with Gasteiger partial charge in [0, 0.05) is 13.1 Å². The molecule has 1 saturated heterocycles. The van der Waals surface area contributed by atoms with Gasteiger partial charge in [-0.25, -0.2) is 0 Å². The first-order valence-electron chi connectivity index (χ1n) is 6.24. The fraction of sp³-hybridized carbons (Fsp3) is 1.00. The molecule has 1 fully saturated rings. The standard InChI is InChI=1S/C12H26N2O/c1-10(2)8-11-9-14(6-3-5-13)7-4-12(11)15/h10-12,15H,3-9,13H2,1-2H3/t11-,12+/m0/s1. The van der Waals surface area contributed by atoms with E-state index in [1.165, 1.54) is 0 Å². The molecule has 1 rings (SSSR count). The highest BCUT2D eigenvalue weighted by Gasteiger charge is 2.27. The molecule has 15 heavy (non-hydrogen) atoms. The minimum Gasteiger partial charge on any atom is -0.393 e. The summed E-state index contributed by atoms with van der Waals surface area (Å²) < 4.78 is 0. The number of likely N-dealkylation sites (tertiary alicyclic amines) is 1. The van der Waals surface area contributed by atoms with Gasteiger partial charge >= 0.3 is 0 Å². The maximum absolute atomic E-state index is 9.91. The van der Waals surface area contributed by atoms with Crippen LogP contribution in [0, 0.1) is 11.8 Å². The van der Waals surface area contributed by atoms with Crippen LogP contribution in [0.5, 0.6) is 0 Å². The highest BCUT2D eigenvalue weighted by Crippen LogP contribution is 2.23. The van der Waals surface area contributed by atoms with E-state index in [9.17, 15) is 5.11 Å². The van der Waals surface area contributed by atoms with Crippen LogP contribution in [-0.4, -0.2) is 42.3 Å². The fourth-order valence-electron chi connectivity index (χ4n) is 2.45. The first kappa shape index (κ1) is 12.9. The molecule has 3 nitrogen and oxygen atoms in total. The molecular formula is C12H26N2O. The second-order valence-corrected chi connectivity index (χ2v) is 5.19. The number of hydrogen-bond donors (Lipinski definition) is 2. The van der Waals surface area contributed by atoms with Crippen LogP contribution in [0.2, 0.25) is 0 Å². The van der Waals surface area contributed by atoms with Gasteiger partial charge in [0.25, 0.3) is 0 Å². The van der Waals surface area contributed by atoms with Crippen LogP contribution in [0.3, 0.4) is 0 Å². The summed E-state index contributed by atoms with van der Waals surface area (Å²) in [6, 6.07) is 0.